The van der Waals surface area contributed by atoms with Crippen molar-refractivity contribution in [1.82, 2.24) is 5.32 Å². The molecule has 2 amide bonds. The van der Waals surface area contributed by atoms with Crippen LogP contribution in [-0.2, 0) is 9.47 Å². The molecule has 0 aliphatic heterocycles. The molecule has 0 unspecified atom stereocenters. The van der Waals surface area contributed by atoms with Gasteiger partial charge in [0.1, 0.15) is 0 Å². The largest absolute Gasteiger partial charge is 0.447 e. The van der Waals surface area contributed by atoms with Crippen LogP contribution in [0.5, 0.6) is 0 Å². The van der Waals surface area contributed by atoms with E-state index in [1.54, 1.807) is 34.0 Å². The number of amidine groups is 1. The van der Waals surface area contributed by atoms with Gasteiger partial charge in [-0.2, -0.15) is 4.99 Å². The molecule has 6 nitrogen and oxygen atoms in total. The maximum absolute atomic E-state index is 11.2. The fourth-order valence-corrected chi connectivity index (χ4v) is 1.12. The molecule has 0 spiro atoms. The van der Waals surface area contributed by atoms with Gasteiger partial charge < -0.3 is 9.47 Å². The number of thioether (sulfide) groups is 1. The number of hydrogen-bond acceptors (Lipinski definition) is 5. The molecule has 0 saturated heterocycles. The van der Waals surface area contributed by atoms with E-state index in [-0.39, 0.29) is 17.4 Å². The summed E-state index contributed by atoms with van der Waals surface area (Å²) in [5.41, 5.74) is 0. The summed E-state index contributed by atoms with van der Waals surface area (Å²) in [7, 11) is 0. The Morgan fingerprint density at radius 2 is 1.65 bits per heavy atom. The van der Waals surface area contributed by atoms with E-state index in [0.29, 0.717) is 0 Å². The van der Waals surface area contributed by atoms with Gasteiger partial charge >= 0.3 is 12.2 Å². The van der Waals surface area contributed by atoms with E-state index in [4.69, 9.17) is 9.47 Å². The summed E-state index contributed by atoms with van der Waals surface area (Å²) in [6, 6.07) is 0. The molecule has 0 rings (SSSR count). The Morgan fingerprint density at radius 1 is 1.12 bits per heavy atom. The van der Waals surface area contributed by atoms with Crippen molar-refractivity contribution in [2.45, 2.75) is 39.9 Å². The fraction of sp³-hybridized carbons (Fsp3) is 0.700. The first kappa shape index (κ1) is 15.8. The topological polar surface area (TPSA) is 77.0 Å². The summed E-state index contributed by atoms with van der Waals surface area (Å²) in [4.78, 5) is 26.0. The molecule has 7 heteroatoms. The quantitative estimate of drug-likeness (QED) is 0.610. The Balaban J connectivity index is 4.36. The van der Waals surface area contributed by atoms with Crippen LogP contribution in [0.15, 0.2) is 4.99 Å². The average Bonchev–Trinajstić information content (AvgIpc) is 2.13. The number of aliphatic imine (C=N–C) groups is 1. The minimum absolute atomic E-state index is 0.140. The fourth-order valence-electron chi connectivity index (χ4n) is 0.766. The molecule has 0 aromatic carbocycles. The van der Waals surface area contributed by atoms with Crippen LogP contribution in [-0.4, -0.2) is 35.8 Å². The van der Waals surface area contributed by atoms with Crippen LogP contribution in [0.4, 0.5) is 9.59 Å². The van der Waals surface area contributed by atoms with Gasteiger partial charge in [-0.1, -0.05) is 11.8 Å². The monoisotopic (exact) mass is 262 g/mol. The summed E-state index contributed by atoms with van der Waals surface area (Å²) in [6.45, 7) is 6.88. The van der Waals surface area contributed by atoms with Crippen molar-refractivity contribution < 1.29 is 19.1 Å². The van der Waals surface area contributed by atoms with E-state index in [9.17, 15) is 9.59 Å². The van der Waals surface area contributed by atoms with Gasteiger partial charge in [-0.05, 0) is 34.0 Å². The Hall–Kier alpha value is -1.24. The van der Waals surface area contributed by atoms with Crippen molar-refractivity contribution in [3.8, 4) is 0 Å². The van der Waals surface area contributed by atoms with Crippen molar-refractivity contribution >= 4 is 29.1 Å². The molecule has 0 heterocycles. The summed E-state index contributed by atoms with van der Waals surface area (Å²) in [5.74, 6) is 0. The van der Waals surface area contributed by atoms with Crippen LogP contribution in [0, 0.1) is 0 Å². The Labute approximate surface area is 105 Å². The highest BCUT2D eigenvalue weighted by Crippen LogP contribution is 2.00. The highest BCUT2D eigenvalue weighted by molar-refractivity contribution is 8.13. The zero-order chi connectivity index (χ0) is 13.4. The first-order valence-electron chi connectivity index (χ1n) is 5.16. The van der Waals surface area contributed by atoms with Gasteiger partial charge in [0.15, 0.2) is 5.17 Å². The molecular weight excluding hydrogens is 244 g/mol. The van der Waals surface area contributed by atoms with Gasteiger partial charge in [0.25, 0.3) is 0 Å². The van der Waals surface area contributed by atoms with E-state index >= 15 is 0 Å². The van der Waals surface area contributed by atoms with E-state index < -0.39 is 12.2 Å². The maximum Gasteiger partial charge on any atom is 0.436 e. The van der Waals surface area contributed by atoms with Crippen molar-refractivity contribution in [1.29, 1.82) is 0 Å². The third kappa shape index (κ3) is 8.56. The predicted octanol–water partition coefficient (Wildman–Crippen LogP) is 2.39. The lowest BCUT2D eigenvalue weighted by atomic mass is 10.5. The van der Waals surface area contributed by atoms with Crippen LogP contribution < -0.4 is 5.32 Å². The number of nitrogens with one attached hydrogen (secondary N) is 1. The number of rotatable bonds is 2. The van der Waals surface area contributed by atoms with E-state index in [1.807, 2.05) is 0 Å². The summed E-state index contributed by atoms with van der Waals surface area (Å²) in [5, 5.41) is 2.49. The molecule has 0 aromatic rings. The number of ether oxygens (including phenoxy) is 2. The van der Waals surface area contributed by atoms with Crippen molar-refractivity contribution in [2.75, 3.05) is 6.26 Å². The highest BCUT2D eigenvalue weighted by atomic mass is 32.2. The highest BCUT2D eigenvalue weighted by Gasteiger charge is 2.11. The zero-order valence-corrected chi connectivity index (χ0v) is 11.5. The molecule has 0 aromatic heterocycles. The smallest absolute Gasteiger partial charge is 0.436 e. The minimum atomic E-state index is -0.741. The third-order valence-corrected chi connectivity index (χ3v) is 1.85. The first-order valence-corrected chi connectivity index (χ1v) is 6.38. The molecule has 0 fully saturated rings. The lowest BCUT2D eigenvalue weighted by Crippen LogP contribution is -2.31. The maximum atomic E-state index is 11.2. The number of hydrogen-bond donors (Lipinski definition) is 1. The van der Waals surface area contributed by atoms with Crippen molar-refractivity contribution in [2.24, 2.45) is 4.99 Å². The molecular formula is C10H18N2O4S. The number of nitrogens with zero attached hydrogens (tertiary/aromatic N) is 1. The summed E-state index contributed by atoms with van der Waals surface area (Å²) < 4.78 is 9.66. The molecule has 1 N–H and O–H groups in total. The normalized spacial score (nSPS) is 11.6. The number of alkyl carbamates (subject to hydrolysis) is 1. The standard InChI is InChI=1S/C10H18N2O4S/c1-6(2)15-9(13)11-8(17-5)12-10(14)16-7(3)4/h6-7H,1-5H3,(H,11,12,13,14). The van der Waals surface area contributed by atoms with Crippen LogP contribution in [0.1, 0.15) is 27.7 Å². The lowest BCUT2D eigenvalue weighted by Gasteiger charge is -2.10. The molecule has 17 heavy (non-hydrogen) atoms. The van der Waals surface area contributed by atoms with Crippen LogP contribution >= 0.6 is 11.8 Å². The minimum Gasteiger partial charge on any atom is -0.447 e. The number of amides is 2. The predicted molar refractivity (Wildman–Crippen MR) is 67.3 cm³/mol. The molecule has 98 valence electrons. The second kappa shape index (κ2) is 7.94. The van der Waals surface area contributed by atoms with E-state index in [2.05, 4.69) is 10.3 Å². The second-order valence-corrected chi connectivity index (χ2v) is 4.43. The van der Waals surface area contributed by atoms with Crippen LogP contribution in [0.2, 0.25) is 0 Å². The van der Waals surface area contributed by atoms with Gasteiger partial charge in [0.05, 0.1) is 12.2 Å². The van der Waals surface area contributed by atoms with Gasteiger partial charge in [-0.15, -0.1) is 0 Å². The Kier molecular flexibility index (Phi) is 7.36. The number of carbonyl (C=O) groups excluding carboxylic acids is 2. The van der Waals surface area contributed by atoms with Gasteiger partial charge in [0.2, 0.25) is 0 Å². The Morgan fingerprint density at radius 3 is 2.06 bits per heavy atom. The van der Waals surface area contributed by atoms with Gasteiger partial charge in [-0.25, -0.2) is 9.59 Å². The number of carbonyl (C=O) groups is 2. The van der Waals surface area contributed by atoms with Crippen molar-refractivity contribution in [3.05, 3.63) is 0 Å². The molecule has 0 aliphatic carbocycles. The van der Waals surface area contributed by atoms with E-state index in [1.165, 1.54) is 0 Å². The van der Waals surface area contributed by atoms with Gasteiger partial charge in [0, 0.05) is 0 Å². The lowest BCUT2D eigenvalue weighted by molar-refractivity contribution is 0.120. The average molecular weight is 262 g/mol. The van der Waals surface area contributed by atoms with Gasteiger partial charge in [-0.3, -0.25) is 5.32 Å². The van der Waals surface area contributed by atoms with Crippen molar-refractivity contribution in [3.63, 3.8) is 0 Å². The Bertz CT molecular complexity index is 303. The molecule has 0 saturated carbocycles. The summed E-state index contributed by atoms with van der Waals surface area (Å²) in [6.07, 6.45) is -0.200. The van der Waals surface area contributed by atoms with Crippen LogP contribution in [0.25, 0.3) is 0 Å². The molecule has 0 radical (unpaired) electrons. The first-order chi connectivity index (χ1) is 7.85. The summed E-state index contributed by atoms with van der Waals surface area (Å²) >= 11 is 1.12. The third-order valence-electron chi connectivity index (χ3n) is 1.27. The molecule has 0 atom stereocenters. The van der Waals surface area contributed by atoms with Crippen LogP contribution in [0.3, 0.4) is 0 Å². The van der Waals surface area contributed by atoms with E-state index in [0.717, 1.165) is 11.8 Å². The SMILES string of the molecule is CSC(=NC(=O)OC(C)C)NC(=O)OC(C)C. The zero-order valence-electron chi connectivity index (χ0n) is 10.6. The molecule has 0 aliphatic rings. The second-order valence-electron chi connectivity index (χ2n) is 3.63. The molecule has 0 bridgehead atoms.